The third-order valence-electron chi connectivity index (χ3n) is 0.654. The van der Waals surface area contributed by atoms with Crippen molar-refractivity contribution >= 4 is 0 Å². The third-order valence-corrected chi connectivity index (χ3v) is 0.654. The van der Waals surface area contributed by atoms with Crippen LogP contribution in [0.25, 0.3) is 0 Å². The standard InChI is InChI=1S/C4H11FN2/c1-7(2)4-3-6-5/h6H,3-4H2,1-2H3. The highest BCUT2D eigenvalue weighted by molar-refractivity contribution is 4.40. The van der Waals surface area contributed by atoms with E-state index in [-0.39, 0.29) is 0 Å². The molecule has 0 spiro atoms. The van der Waals surface area contributed by atoms with E-state index in [9.17, 15) is 4.48 Å². The Morgan fingerprint density at radius 1 is 1.57 bits per heavy atom. The first kappa shape index (κ1) is 6.85. The molecule has 0 unspecified atom stereocenters. The monoisotopic (exact) mass is 106 g/mol. The molecule has 0 amide bonds. The van der Waals surface area contributed by atoms with Crippen LogP contribution in [-0.2, 0) is 0 Å². The number of nitrogens with one attached hydrogen (secondary N) is 1. The van der Waals surface area contributed by atoms with Gasteiger partial charge in [-0.15, -0.1) is 4.48 Å². The van der Waals surface area contributed by atoms with Crippen LogP contribution in [0.5, 0.6) is 0 Å². The molecule has 0 fully saturated rings. The van der Waals surface area contributed by atoms with E-state index >= 15 is 0 Å². The highest BCUT2D eigenvalue weighted by Crippen LogP contribution is 1.68. The lowest BCUT2D eigenvalue weighted by Crippen LogP contribution is -2.21. The van der Waals surface area contributed by atoms with Crippen LogP contribution < -0.4 is 5.54 Å². The zero-order chi connectivity index (χ0) is 5.70. The summed E-state index contributed by atoms with van der Waals surface area (Å²) in [5.74, 6) is 0. The van der Waals surface area contributed by atoms with Crippen molar-refractivity contribution in [3.8, 4) is 0 Å². The van der Waals surface area contributed by atoms with Crippen LogP contribution in [0.15, 0.2) is 0 Å². The second-order valence-electron chi connectivity index (χ2n) is 1.69. The van der Waals surface area contributed by atoms with Gasteiger partial charge >= 0.3 is 0 Å². The molecule has 44 valence electrons. The minimum atomic E-state index is 0.410. The Bertz CT molecular complexity index is 38.7. The molecule has 0 saturated heterocycles. The van der Waals surface area contributed by atoms with Gasteiger partial charge in [0.05, 0.1) is 0 Å². The van der Waals surface area contributed by atoms with Gasteiger partial charge in [0, 0.05) is 13.1 Å². The van der Waals surface area contributed by atoms with Crippen LogP contribution in [0.2, 0.25) is 0 Å². The van der Waals surface area contributed by atoms with E-state index in [4.69, 9.17) is 0 Å². The number of nitrogens with zero attached hydrogens (tertiary/aromatic N) is 1. The molecule has 7 heavy (non-hydrogen) atoms. The summed E-state index contributed by atoms with van der Waals surface area (Å²) >= 11 is 0. The average Bonchev–Trinajstić information content (AvgIpc) is 1.61. The summed E-state index contributed by atoms with van der Waals surface area (Å²) in [6.07, 6.45) is 0. The Balaban J connectivity index is 2.68. The fraction of sp³-hybridized carbons (Fsp3) is 1.00. The molecule has 0 rings (SSSR count). The summed E-state index contributed by atoms with van der Waals surface area (Å²) in [7, 11) is 3.80. The highest BCUT2D eigenvalue weighted by atomic mass is 19.2. The first-order valence-electron chi connectivity index (χ1n) is 2.25. The van der Waals surface area contributed by atoms with Crippen LogP contribution in [0.4, 0.5) is 4.48 Å². The molecule has 2 nitrogen and oxygen atoms in total. The summed E-state index contributed by atoms with van der Waals surface area (Å²) in [6.45, 7) is 1.16. The van der Waals surface area contributed by atoms with Crippen LogP contribution >= 0.6 is 0 Å². The Kier molecular flexibility index (Phi) is 3.93. The first-order chi connectivity index (χ1) is 3.27. The van der Waals surface area contributed by atoms with E-state index in [2.05, 4.69) is 0 Å². The lowest BCUT2D eigenvalue weighted by atomic mass is 10.6. The van der Waals surface area contributed by atoms with E-state index < -0.39 is 0 Å². The van der Waals surface area contributed by atoms with Crippen molar-refractivity contribution in [3.05, 3.63) is 0 Å². The van der Waals surface area contributed by atoms with E-state index in [0.717, 1.165) is 6.54 Å². The summed E-state index contributed by atoms with van der Waals surface area (Å²) in [6, 6.07) is 0. The largest absolute Gasteiger partial charge is 0.308 e. The summed E-state index contributed by atoms with van der Waals surface area (Å²) < 4.78 is 11.1. The van der Waals surface area contributed by atoms with Crippen molar-refractivity contribution in [1.82, 2.24) is 10.4 Å². The molecule has 0 aliphatic rings. The first-order valence-corrected chi connectivity index (χ1v) is 2.25. The molecule has 3 heteroatoms. The fourth-order valence-electron chi connectivity index (χ4n) is 0.266. The van der Waals surface area contributed by atoms with Gasteiger partial charge < -0.3 is 4.90 Å². The summed E-state index contributed by atoms with van der Waals surface area (Å²) in [5, 5.41) is 0. The Labute approximate surface area is 43.2 Å². The van der Waals surface area contributed by atoms with Gasteiger partial charge in [0.25, 0.3) is 0 Å². The van der Waals surface area contributed by atoms with Gasteiger partial charge in [-0.05, 0) is 14.1 Å². The van der Waals surface area contributed by atoms with E-state index in [1.807, 2.05) is 19.0 Å². The summed E-state index contributed by atoms with van der Waals surface area (Å²) in [4.78, 5) is 1.91. The predicted molar refractivity (Wildman–Crippen MR) is 27.7 cm³/mol. The van der Waals surface area contributed by atoms with Crippen molar-refractivity contribution in [2.75, 3.05) is 27.2 Å². The van der Waals surface area contributed by atoms with Gasteiger partial charge in [0.15, 0.2) is 0 Å². The second kappa shape index (κ2) is 4.02. The molecule has 1 N–H and O–H groups in total. The van der Waals surface area contributed by atoms with E-state index in [1.54, 1.807) is 5.54 Å². The van der Waals surface area contributed by atoms with Crippen LogP contribution in [-0.4, -0.2) is 32.1 Å². The average molecular weight is 106 g/mol. The van der Waals surface area contributed by atoms with E-state index in [1.165, 1.54) is 0 Å². The Morgan fingerprint density at radius 2 is 2.14 bits per heavy atom. The third kappa shape index (κ3) is 5.85. The van der Waals surface area contributed by atoms with Crippen LogP contribution in [0.1, 0.15) is 0 Å². The molecular weight excluding hydrogens is 95.1 g/mol. The number of hydrogen-bond donors (Lipinski definition) is 1. The van der Waals surface area contributed by atoms with Crippen LogP contribution in [0.3, 0.4) is 0 Å². The van der Waals surface area contributed by atoms with Crippen molar-refractivity contribution in [2.24, 2.45) is 0 Å². The maximum atomic E-state index is 11.1. The molecule has 0 aliphatic heterocycles. The molecule has 0 aliphatic carbocycles. The molecule has 0 atom stereocenters. The zero-order valence-electron chi connectivity index (χ0n) is 4.74. The van der Waals surface area contributed by atoms with Gasteiger partial charge in [-0.1, -0.05) is 0 Å². The maximum Gasteiger partial charge on any atom is 0.0387 e. The normalized spacial score (nSPS) is 10.3. The molecule has 0 aromatic rings. The Morgan fingerprint density at radius 3 is 2.29 bits per heavy atom. The number of hydrogen-bond acceptors (Lipinski definition) is 2. The van der Waals surface area contributed by atoms with Crippen molar-refractivity contribution in [1.29, 1.82) is 0 Å². The fourth-order valence-corrected chi connectivity index (χ4v) is 0.266. The Hall–Kier alpha value is -0.150. The van der Waals surface area contributed by atoms with Crippen molar-refractivity contribution in [3.63, 3.8) is 0 Å². The molecule has 0 saturated carbocycles. The van der Waals surface area contributed by atoms with Gasteiger partial charge in [0.2, 0.25) is 0 Å². The van der Waals surface area contributed by atoms with Crippen molar-refractivity contribution in [2.45, 2.75) is 0 Å². The summed E-state index contributed by atoms with van der Waals surface area (Å²) in [5.41, 5.74) is 1.56. The lowest BCUT2D eigenvalue weighted by molar-refractivity contribution is 0.295. The maximum absolute atomic E-state index is 11.1. The van der Waals surface area contributed by atoms with Crippen molar-refractivity contribution < 1.29 is 4.48 Å². The predicted octanol–water partition coefficient (Wildman–Crippen LogP) is 0.0221. The van der Waals surface area contributed by atoms with Gasteiger partial charge in [-0.2, -0.15) is 5.54 Å². The minimum absolute atomic E-state index is 0.410. The van der Waals surface area contributed by atoms with Gasteiger partial charge in [-0.3, -0.25) is 0 Å². The second-order valence-corrected chi connectivity index (χ2v) is 1.69. The van der Waals surface area contributed by atoms with E-state index in [0.29, 0.717) is 6.54 Å². The lowest BCUT2D eigenvalue weighted by Gasteiger charge is -2.05. The molecule has 0 bridgehead atoms. The topological polar surface area (TPSA) is 15.3 Å². The quantitative estimate of drug-likeness (QED) is 0.510. The molecule has 0 aromatic carbocycles. The van der Waals surface area contributed by atoms with Crippen LogP contribution in [0, 0.1) is 0 Å². The van der Waals surface area contributed by atoms with Gasteiger partial charge in [-0.25, -0.2) is 0 Å². The molecule has 0 aromatic heterocycles. The molecule has 0 heterocycles. The molecular formula is C4H11FN2. The minimum Gasteiger partial charge on any atom is -0.308 e. The smallest absolute Gasteiger partial charge is 0.0387 e. The SMILES string of the molecule is CN(C)CCNF. The highest BCUT2D eigenvalue weighted by Gasteiger charge is 1.84. The number of rotatable bonds is 3. The van der Waals surface area contributed by atoms with Gasteiger partial charge in [0.1, 0.15) is 0 Å². The number of likely N-dealkylation sites (N-methyl/N-ethyl adjacent to an activating group) is 1. The number of halogens is 1. The zero-order valence-corrected chi connectivity index (χ0v) is 4.74. The molecule has 0 radical (unpaired) electrons.